The first-order valence-electron chi connectivity index (χ1n) is 4.20. The standard InChI is InChI=1S/C10H7FN2O2/c11-7-3-6-5-12-2-1-8(6)9(4-7)10(14)13-15/h1-5,15H,(H,13,14). The van der Waals surface area contributed by atoms with Gasteiger partial charge in [-0.15, -0.1) is 0 Å². The summed E-state index contributed by atoms with van der Waals surface area (Å²) >= 11 is 0. The molecule has 2 aromatic rings. The third kappa shape index (κ3) is 1.64. The first kappa shape index (κ1) is 9.54. The van der Waals surface area contributed by atoms with Gasteiger partial charge in [0.2, 0.25) is 0 Å². The van der Waals surface area contributed by atoms with E-state index in [0.29, 0.717) is 10.8 Å². The molecular weight excluding hydrogens is 199 g/mol. The minimum absolute atomic E-state index is 0.0786. The first-order valence-corrected chi connectivity index (χ1v) is 4.20. The SMILES string of the molecule is O=C(NO)c1cc(F)cc2cnccc12. The van der Waals surface area contributed by atoms with Crippen LogP contribution in [0.1, 0.15) is 10.4 Å². The lowest BCUT2D eigenvalue weighted by atomic mass is 10.1. The Labute approximate surface area is 84.3 Å². The summed E-state index contributed by atoms with van der Waals surface area (Å²) in [5.41, 5.74) is 1.55. The highest BCUT2D eigenvalue weighted by Gasteiger charge is 2.10. The van der Waals surface area contributed by atoms with E-state index in [1.807, 2.05) is 0 Å². The molecule has 1 amide bonds. The van der Waals surface area contributed by atoms with Gasteiger partial charge in [-0.1, -0.05) is 0 Å². The Bertz CT molecular complexity index is 528. The van der Waals surface area contributed by atoms with Crippen molar-refractivity contribution < 1.29 is 14.4 Å². The van der Waals surface area contributed by atoms with Gasteiger partial charge in [0.05, 0.1) is 5.56 Å². The summed E-state index contributed by atoms with van der Waals surface area (Å²) < 4.78 is 13.1. The topological polar surface area (TPSA) is 62.2 Å². The fourth-order valence-corrected chi connectivity index (χ4v) is 1.42. The van der Waals surface area contributed by atoms with Crippen LogP contribution < -0.4 is 5.48 Å². The fraction of sp³-hybridized carbons (Fsp3) is 0. The van der Waals surface area contributed by atoms with E-state index in [4.69, 9.17) is 5.21 Å². The minimum Gasteiger partial charge on any atom is -0.288 e. The van der Waals surface area contributed by atoms with E-state index in [1.54, 1.807) is 6.07 Å². The summed E-state index contributed by atoms with van der Waals surface area (Å²) in [7, 11) is 0. The van der Waals surface area contributed by atoms with E-state index in [-0.39, 0.29) is 5.56 Å². The van der Waals surface area contributed by atoms with Gasteiger partial charge in [0, 0.05) is 17.8 Å². The molecule has 2 rings (SSSR count). The highest BCUT2D eigenvalue weighted by molar-refractivity contribution is 6.06. The van der Waals surface area contributed by atoms with Crippen molar-refractivity contribution in [1.29, 1.82) is 0 Å². The second-order valence-corrected chi connectivity index (χ2v) is 2.99. The summed E-state index contributed by atoms with van der Waals surface area (Å²) in [5.74, 6) is -1.29. The fourth-order valence-electron chi connectivity index (χ4n) is 1.42. The second-order valence-electron chi connectivity index (χ2n) is 2.99. The van der Waals surface area contributed by atoms with Gasteiger partial charge in [0.15, 0.2) is 0 Å². The molecule has 0 aliphatic carbocycles. The Morgan fingerprint density at radius 3 is 3.00 bits per heavy atom. The van der Waals surface area contributed by atoms with E-state index < -0.39 is 11.7 Å². The van der Waals surface area contributed by atoms with Crippen LogP contribution in [0.4, 0.5) is 4.39 Å². The van der Waals surface area contributed by atoms with Crippen LogP contribution in [0.3, 0.4) is 0 Å². The van der Waals surface area contributed by atoms with E-state index >= 15 is 0 Å². The lowest BCUT2D eigenvalue weighted by Gasteiger charge is -2.04. The molecule has 0 radical (unpaired) electrons. The van der Waals surface area contributed by atoms with Crippen LogP contribution >= 0.6 is 0 Å². The molecule has 0 fully saturated rings. The Kier molecular flexibility index (Phi) is 2.31. The first-order chi connectivity index (χ1) is 7.22. The minimum atomic E-state index is -0.745. The zero-order chi connectivity index (χ0) is 10.8. The van der Waals surface area contributed by atoms with Crippen molar-refractivity contribution in [2.45, 2.75) is 0 Å². The van der Waals surface area contributed by atoms with Crippen LogP contribution in [0.25, 0.3) is 10.8 Å². The van der Waals surface area contributed by atoms with E-state index in [0.717, 1.165) is 6.07 Å². The number of carbonyl (C=O) groups is 1. The maximum absolute atomic E-state index is 13.1. The molecule has 4 nitrogen and oxygen atoms in total. The Balaban J connectivity index is 2.76. The molecule has 0 aliphatic rings. The van der Waals surface area contributed by atoms with Gasteiger partial charge in [-0.05, 0) is 23.6 Å². The third-order valence-corrected chi connectivity index (χ3v) is 2.06. The van der Waals surface area contributed by atoms with Crippen molar-refractivity contribution in [1.82, 2.24) is 10.5 Å². The van der Waals surface area contributed by atoms with Crippen LogP contribution in [0, 0.1) is 5.82 Å². The number of aromatic nitrogens is 1. The third-order valence-electron chi connectivity index (χ3n) is 2.06. The maximum Gasteiger partial charge on any atom is 0.275 e. The molecular formula is C10H7FN2O2. The Hall–Kier alpha value is -2.01. The summed E-state index contributed by atoms with van der Waals surface area (Å²) in [6, 6.07) is 3.92. The number of hydrogen-bond donors (Lipinski definition) is 2. The van der Waals surface area contributed by atoms with Crippen molar-refractivity contribution in [3.8, 4) is 0 Å². The molecule has 76 valence electrons. The monoisotopic (exact) mass is 206 g/mol. The van der Waals surface area contributed by atoms with Gasteiger partial charge in [0.25, 0.3) is 5.91 Å². The average molecular weight is 206 g/mol. The number of amides is 1. The van der Waals surface area contributed by atoms with Crippen LogP contribution in [0.5, 0.6) is 0 Å². The van der Waals surface area contributed by atoms with E-state index in [1.165, 1.54) is 23.9 Å². The van der Waals surface area contributed by atoms with Crippen LogP contribution in [-0.2, 0) is 0 Å². The molecule has 1 heterocycles. The van der Waals surface area contributed by atoms with Crippen molar-refractivity contribution in [3.05, 3.63) is 42.0 Å². The average Bonchev–Trinajstić information content (AvgIpc) is 2.26. The summed E-state index contributed by atoms with van der Waals surface area (Å²) in [6.45, 7) is 0. The summed E-state index contributed by atoms with van der Waals surface area (Å²) in [6.07, 6.45) is 2.95. The lowest BCUT2D eigenvalue weighted by molar-refractivity contribution is 0.0708. The summed E-state index contributed by atoms with van der Waals surface area (Å²) in [5, 5.41) is 9.55. The van der Waals surface area contributed by atoms with Gasteiger partial charge in [0.1, 0.15) is 5.82 Å². The molecule has 0 saturated carbocycles. The number of benzene rings is 1. The molecule has 5 heteroatoms. The summed E-state index contributed by atoms with van der Waals surface area (Å²) in [4.78, 5) is 15.1. The molecule has 0 atom stereocenters. The predicted molar refractivity (Wildman–Crippen MR) is 51.0 cm³/mol. The second kappa shape index (κ2) is 3.62. The highest BCUT2D eigenvalue weighted by atomic mass is 19.1. The molecule has 1 aromatic carbocycles. The Morgan fingerprint density at radius 2 is 2.27 bits per heavy atom. The molecule has 15 heavy (non-hydrogen) atoms. The van der Waals surface area contributed by atoms with Crippen molar-refractivity contribution in [3.63, 3.8) is 0 Å². The number of rotatable bonds is 1. The van der Waals surface area contributed by atoms with Gasteiger partial charge in [-0.3, -0.25) is 15.0 Å². The number of carbonyl (C=O) groups excluding carboxylic acids is 1. The number of pyridine rings is 1. The van der Waals surface area contributed by atoms with Gasteiger partial charge in [-0.2, -0.15) is 0 Å². The molecule has 1 aromatic heterocycles. The smallest absolute Gasteiger partial charge is 0.275 e. The van der Waals surface area contributed by atoms with Gasteiger partial charge < -0.3 is 0 Å². The van der Waals surface area contributed by atoms with Crippen molar-refractivity contribution in [2.24, 2.45) is 0 Å². The van der Waals surface area contributed by atoms with Crippen LogP contribution in [-0.4, -0.2) is 16.1 Å². The number of fused-ring (bicyclic) bond motifs is 1. The molecule has 0 spiro atoms. The van der Waals surface area contributed by atoms with Gasteiger partial charge in [-0.25, -0.2) is 9.87 Å². The molecule has 0 unspecified atom stereocenters. The van der Waals surface area contributed by atoms with E-state index in [9.17, 15) is 9.18 Å². The zero-order valence-corrected chi connectivity index (χ0v) is 7.57. The number of nitrogens with zero attached hydrogens (tertiary/aromatic N) is 1. The van der Waals surface area contributed by atoms with Crippen molar-refractivity contribution in [2.75, 3.05) is 0 Å². The highest BCUT2D eigenvalue weighted by Crippen LogP contribution is 2.19. The van der Waals surface area contributed by atoms with Crippen LogP contribution in [0.2, 0.25) is 0 Å². The normalized spacial score (nSPS) is 10.3. The number of nitrogens with one attached hydrogen (secondary N) is 1. The largest absolute Gasteiger partial charge is 0.288 e. The number of hydrogen-bond acceptors (Lipinski definition) is 3. The molecule has 0 saturated heterocycles. The van der Waals surface area contributed by atoms with Gasteiger partial charge >= 0.3 is 0 Å². The number of hydroxylamine groups is 1. The van der Waals surface area contributed by atoms with E-state index in [2.05, 4.69) is 4.98 Å². The lowest BCUT2D eigenvalue weighted by Crippen LogP contribution is -2.19. The zero-order valence-electron chi connectivity index (χ0n) is 7.57. The quantitative estimate of drug-likeness (QED) is 0.549. The maximum atomic E-state index is 13.1. The van der Waals surface area contributed by atoms with Crippen LogP contribution in [0.15, 0.2) is 30.6 Å². The molecule has 2 N–H and O–H groups in total. The molecule has 0 bridgehead atoms. The Morgan fingerprint density at radius 1 is 1.47 bits per heavy atom. The number of halogens is 1. The van der Waals surface area contributed by atoms with Crippen molar-refractivity contribution >= 4 is 16.7 Å². The predicted octanol–water partition coefficient (Wildman–Crippen LogP) is 1.49. The molecule has 0 aliphatic heterocycles.